The molecular formula is C51H47BrN8O12S. The van der Waals surface area contributed by atoms with E-state index >= 15 is 0 Å². The molecule has 376 valence electrons. The monoisotopic (exact) mass is 1070 g/mol. The minimum absolute atomic E-state index is 0.0768. The quantitative estimate of drug-likeness (QED) is 0.0693. The van der Waals surface area contributed by atoms with Crippen LogP contribution in [0.15, 0.2) is 151 Å². The normalized spacial score (nSPS) is 21.6. The fourth-order valence-corrected chi connectivity index (χ4v) is 11.1. The van der Waals surface area contributed by atoms with Crippen molar-refractivity contribution in [3.05, 3.63) is 179 Å². The van der Waals surface area contributed by atoms with Gasteiger partial charge in [0.05, 0.1) is 47.1 Å². The number of halogens is 1. The van der Waals surface area contributed by atoms with Gasteiger partial charge in [-0.05, 0) is 67.4 Å². The predicted octanol–water partition coefficient (Wildman–Crippen LogP) is 5.65. The number of carbonyl (C=O) groups is 4. The number of anilines is 2. The number of hydrogen-bond donors (Lipinski definition) is 3. The van der Waals surface area contributed by atoms with Gasteiger partial charge in [0.1, 0.15) is 24.9 Å². The highest BCUT2D eigenvalue weighted by Gasteiger charge is 2.51. The third-order valence-corrected chi connectivity index (χ3v) is 14.7. The van der Waals surface area contributed by atoms with Crippen LogP contribution in [0.3, 0.4) is 0 Å². The van der Waals surface area contributed by atoms with Crippen LogP contribution in [0.5, 0.6) is 0 Å². The molecule has 9 rings (SSSR count). The van der Waals surface area contributed by atoms with Gasteiger partial charge in [-0.1, -0.05) is 88.7 Å². The summed E-state index contributed by atoms with van der Waals surface area (Å²) < 4.78 is 56.0. The van der Waals surface area contributed by atoms with Crippen LogP contribution in [0.4, 0.5) is 11.6 Å². The zero-order valence-electron chi connectivity index (χ0n) is 38.6. The van der Waals surface area contributed by atoms with Crippen molar-refractivity contribution < 1.29 is 51.6 Å². The van der Waals surface area contributed by atoms with E-state index in [1.54, 1.807) is 109 Å². The van der Waals surface area contributed by atoms with E-state index in [1.165, 1.54) is 41.6 Å². The fourth-order valence-electron chi connectivity index (χ4n) is 8.87. The fraction of sp³-hybridized carbons (Fsp3) is 0.275. The Morgan fingerprint density at radius 2 is 1.26 bits per heavy atom. The standard InChI is InChI=1S/C51H47BrN8O12S/c52-24-21-37-36(41(61)47(70-37)60-30-55-40-43(53-29-54-44(40)60)58-46(63)32-15-7-2-8-16-32)28-73(67,68)26-23-38-35(27-69-49(64)33-17-9-3-10-18-33)42(72-50(65)34-19-11-4-12-20-34)48(71-38)59-25-22-39(57-51(59)66)56-45(62)31-13-5-1-6-14-31/h1-20,22,25,29-30,35-38,41-42,47-48,61H,21,23-24,26-28H2,(H,53,54,58,63)(H,56,57,62,66)/t35-,36-,37-,38-,41-,42-,47-,48-/m1/s1. The molecule has 0 radical (unpaired) electrons. The molecule has 7 aromatic rings. The Morgan fingerprint density at radius 3 is 1.88 bits per heavy atom. The van der Waals surface area contributed by atoms with Gasteiger partial charge < -0.3 is 34.7 Å². The summed E-state index contributed by atoms with van der Waals surface area (Å²) in [5.74, 6) is -5.47. The lowest BCUT2D eigenvalue weighted by Gasteiger charge is -2.25. The van der Waals surface area contributed by atoms with Crippen molar-refractivity contribution in [1.82, 2.24) is 29.1 Å². The molecule has 3 aromatic heterocycles. The van der Waals surface area contributed by atoms with Gasteiger partial charge in [-0.15, -0.1) is 0 Å². The molecule has 0 bridgehead atoms. The van der Waals surface area contributed by atoms with Crippen LogP contribution in [-0.4, -0.2) is 114 Å². The number of sulfone groups is 1. The lowest BCUT2D eigenvalue weighted by molar-refractivity contribution is -0.0511. The maximum absolute atomic E-state index is 14.4. The Kier molecular flexibility index (Phi) is 15.6. The van der Waals surface area contributed by atoms with Crippen LogP contribution in [0.25, 0.3) is 11.2 Å². The van der Waals surface area contributed by atoms with Crippen LogP contribution in [0, 0.1) is 11.8 Å². The highest BCUT2D eigenvalue weighted by Crippen LogP contribution is 2.41. The molecule has 5 heterocycles. The molecule has 4 aromatic carbocycles. The van der Waals surface area contributed by atoms with Gasteiger partial charge in [-0.3, -0.25) is 18.7 Å². The summed E-state index contributed by atoms with van der Waals surface area (Å²) in [5.41, 5.74) is 0.633. The topological polar surface area (TPSA) is 262 Å². The van der Waals surface area contributed by atoms with Gasteiger partial charge in [0, 0.05) is 28.6 Å². The minimum atomic E-state index is -4.10. The van der Waals surface area contributed by atoms with Gasteiger partial charge in [0.2, 0.25) is 0 Å². The van der Waals surface area contributed by atoms with Crippen LogP contribution >= 0.6 is 15.9 Å². The first-order valence-corrected chi connectivity index (χ1v) is 26.0. The predicted molar refractivity (Wildman–Crippen MR) is 267 cm³/mol. The SMILES string of the molecule is O=C(Nc1ccn([C@@H]2O[C@H](CCS(=O)(=O)C[C@H]3[C@@H](O)[C@H](n4cnc5c(NC(=O)c6ccccc6)ncnc54)O[C@@H]3CCBr)[C@@H](COC(=O)c3ccccc3)[C@H]2OC(=O)c2ccccc2)c(=O)n1)c1ccccc1. The number of hydrogen-bond acceptors (Lipinski definition) is 16. The van der Waals surface area contributed by atoms with Gasteiger partial charge in [0.15, 0.2) is 45.4 Å². The molecule has 22 heteroatoms. The molecule has 0 saturated carbocycles. The number of aliphatic hydroxyl groups excluding tert-OH is 1. The number of aliphatic hydroxyl groups is 1. The van der Waals surface area contributed by atoms with Crippen LogP contribution in [0.2, 0.25) is 0 Å². The number of aromatic nitrogens is 6. The average molecular weight is 1080 g/mol. The van der Waals surface area contributed by atoms with Crippen molar-refractivity contribution in [1.29, 1.82) is 0 Å². The zero-order chi connectivity index (χ0) is 51.1. The molecule has 2 aliphatic heterocycles. The number of fused-ring (bicyclic) bond motifs is 1. The van der Waals surface area contributed by atoms with Crippen molar-refractivity contribution in [2.75, 3.05) is 34.1 Å². The summed E-state index contributed by atoms with van der Waals surface area (Å²) in [6.07, 6.45) is -3.18. The summed E-state index contributed by atoms with van der Waals surface area (Å²) >= 11 is 3.43. The maximum Gasteiger partial charge on any atom is 0.351 e. The lowest BCUT2D eigenvalue weighted by atomic mass is 9.96. The van der Waals surface area contributed by atoms with Gasteiger partial charge in [0.25, 0.3) is 11.8 Å². The van der Waals surface area contributed by atoms with E-state index in [2.05, 4.69) is 46.5 Å². The summed E-state index contributed by atoms with van der Waals surface area (Å²) in [5, 5.41) is 17.7. The number of amides is 2. The highest BCUT2D eigenvalue weighted by molar-refractivity contribution is 9.09. The molecule has 73 heavy (non-hydrogen) atoms. The van der Waals surface area contributed by atoms with Crippen molar-refractivity contribution in [3.63, 3.8) is 0 Å². The second-order valence-electron chi connectivity index (χ2n) is 17.2. The molecule has 0 spiro atoms. The van der Waals surface area contributed by atoms with E-state index in [0.29, 0.717) is 22.9 Å². The van der Waals surface area contributed by atoms with E-state index in [-0.39, 0.29) is 40.3 Å². The van der Waals surface area contributed by atoms with Crippen molar-refractivity contribution in [2.24, 2.45) is 11.8 Å². The third kappa shape index (κ3) is 11.6. The number of rotatable bonds is 18. The smallest absolute Gasteiger partial charge is 0.351 e. The number of benzene rings is 4. The van der Waals surface area contributed by atoms with Crippen LogP contribution < -0.4 is 16.3 Å². The first-order valence-electron chi connectivity index (χ1n) is 23.1. The lowest BCUT2D eigenvalue weighted by Crippen LogP contribution is -2.39. The molecule has 0 unspecified atom stereocenters. The zero-order valence-corrected chi connectivity index (χ0v) is 41.0. The first-order chi connectivity index (χ1) is 35.4. The number of nitrogens with one attached hydrogen (secondary N) is 2. The van der Waals surface area contributed by atoms with Crippen molar-refractivity contribution in [2.45, 2.75) is 49.7 Å². The van der Waals surface area contributed by atoms with Crippen LogP contribution in [-0.2, 0) is 28.8 Å². The maximum atomic E-state index is 14.4. The number of imidazole rings is 1. The largest absolute Gasteiger partial charge is 0.462 e. The molecule has 2 amide bonds. The third-order valence-electron chi connectivity index (χ3n) is 12.5. The molecule has 2 aliphatic rings. The summed E-state index contributed by atoms with van der Waals surface area (Å²) in [6.45, 7) is -0.431. The molecule has 8 atom stereocenters. The first kappa shape index (κ1) is 50.4. The van der Waals surface area contributed by atoms with Crippen molar-refractivity contribution >= 4 is 72.3 Å². The second kappa shape index (κ2) is 22.5. The van der Waals surface area contributed by atoms with Gasteiger partial charge in [-0.25, -0.2) is 37.8 Å². The highest BCUT2D eigenvalue weighted by atomic mass is 79.9. The molecular weight excluding hydrogens is 1030 g/mol. The van der Waals surface area contributed by atoms with E-state index < -0.39 is 106 Å². The molecule has 3 N–H and O–H groups in total. The minimum Gasteiger partial charge on any atom is -0.462 e. The molecule has 0 aliphatic carbocycles. The van der Waals surface area contributed by atoms with Crippen LogP contribution in [0.1, 0.15) is 66.7 Å². The number of nitrogens with zero attached hydrogens (tertiary/aromatic N) is 6. The average Bonchev–Trinajstić information content (AvgIpc) is 4.08. The number of esters is 2. The van der Waals surface area contributed by atoms with Crippen molar-refractivity contribution in [3.8, 4) is 0 Å². The van der Waals surface area contributed by atoms with E-state index in [4.69, 9.17) is 18.9 Å². The molecule has 20 nitrogen and oxygen atoms in total. The number of alkyl halides is 1. The Labute approximate surface area is 425 Å². The summed E-state index contributed by atoms with van der Waals surface area (Å²) in [6, 6.07) is 34.4. The molecule has 2 fully saturated rings. The Morgan fingerprint density at radius 1 is 0.685 bits per heavy atom. The summed E-state index contributed by atoms with van der Waals surface area (Å²) in [4.78, 5) is 84.1. The number of ether oxygens (including phenoxy) is 4. The van der Waals surface area contributed by atoms with E-state index in [1.807, 2.05) is 0 Å². The summed E-state index contributed by atoms with van der Waals surface area (Å²) in [7, 11) is -4.10. The Hall–Kier alpha value is -7.50. The van der Waals surface area contributed by atoms with Gasteiger partial charge in [-0.2, -0.15) is 4.98 Å². The Bertz CT molecular complexity index is 3260. The second-order valence-corrected chi connectivity index (χ2v) is 20.2. The molecule has 2 saturated heterocycles. The van der Waals surface area contributed by atoms with E-state index in [0.717, 1.165) is 4.57 Å². The Balaban J connectivity index is 0.970. The number of carbonyl (C=O) groups excluding carboxylic acids is 4. The van der Waals surface area contributed by atoms with Gasteiger partial charge >= 0.3 is 17.6 Å². The van der Waals surface area contributed by atoms with E-state index in [9.17, 15) is 37.5 Å².